The Morgan fingerprint density at radius 1 is 1.09 bits per heavy atom. The number of hydrogen-bond acceptors (Lipinski definition) is 6. The number of ether oxygens (including phenoxy) is 1. The molecule has 3 heterocycles. The fourth-order valence-electron chi connectivity index (χ4n) is 4.80. The number of aromatic nitrogens is 1. The number of rotatable bonds is 10. The highest BCUT2D eigenvalue weighted by molar-refractivity contribution is 7.10. The second-order valence-electron chi connectivity index (χ2n) is 10.0. The Morgan fingerprint density at radius 3 is 2.51 bits per heavy atom. The van der Waals surface area contributed by atoms with Crippen molar-refractivity contribution in [1.82, 2.24) is 15.0 Å². The van der Waals surface area contributed by atoms with Gasteiger partial charge in [-0.3, -0.25) is 4.90 Å². The second kappa shape index (κ2) is 12.7. The van der Waals surface area contributed by atoms with Crippen molar-refractivity contribution in [2.45, 2.75) is 51.6 Å². The topological polar surface area (TPSA) is 41.7 Å². The largest absolute Gasteiger partial charge is 0.493 e. The molecule has 1 saturated carbocycles. The summed E-state index contributed by atoms with van der Waals surface area (Å²) in [5.74, 6) is 2.36. The molecule has 194 valence electrons. The van der Waals surface area contributed by atoms with Gasteiger partial charge in [-0.05, 0) is 102 Å². The summed E-state index contributed by atoms with van der Waals surface area (Å²) < 4.78 is 25.3. The lowest BCUT2D eigenvalue weighted by atomic mass is 9.91. The van der Waals surface area contributed by atoms with Crippen molar-refractivity contribution >= 4 is 47.1 Å². The molecule has 0 N–H and O–H groups in total. The van der Waals surface area contributed by atoms with E-state index in [1.807, 2.05) is 6.07 Å². The Hall–Kier alpha value is -1.38. The van der Waals surface area contributed by atoms with Gasteiger partial charge in [0.2, 0.25) is 0 Å². The summed E-state index contributed by atoms with van der Waals surface area (Å²) in [5.41, 5.74) is 3.05. The molecule has 1 aliphatic heterocycles. The molecular formula is C26H36Cl2FN3O2S. The maximum Gasteiger partial charge on any atom is 0.176 e. The maximum absolute atomic E-state index is 13.2. The zero-order valence-corrected chi connectivity index (χ0v) is 23.0. The third-order valence-corrected chi connectivity index (χ3v) is 7.78. The summed E-state index contributed by atoms with van der Waals surface area (Å²) in [5, 5.41) is 5.52. The van der Waals surface area contributed by atoms with Crippen LogP contribution in [0, 0.1) is 17.0 Å². The lowest BCUT2D eigenvalue weighted by molar-refractivity contribution is 0.173. The number of fused-ring (bicyclic) bond motifs is 1. The van der Waals surface area contributed by atoms with Crippen molar-refractivity contribution < 1.29 is 13.7 Å². The third-order valence-electron chi connectivity index (χ3n) is 6.93. The van der Waals surface area contributed by atoms with E-state index in [0.717, 1.165) is 84.4 Å². The van der Waals surface area contributed by atoms with Gasteiger partial charge in [0.15, 0.2) is 10.7 Å². The molecule has 0 spiro atoms. The molecule has 5 nitrogen and oxygen atoms in total. The van der Waals surface area contributed by atoms with Crippen LogP contribution < -0.4 is 4.74 Å². The molecule has 0 amide bonds. The highest BCUT2D eigenvalue weighted by atomic mass is 35.5. The third kappa shape index (κ3) is 7.32. The fourth-order valence-corrected chi connectivity index (χ4v) is 5.57. The van der Waals surface area contributed by atoms with E-state index in [1.54, 1.807) is 6.07 Å². The van der Waals surface area contributed by atoms with Gasteiger partial charge in [-0.25, -0.2) is 0 Å². The van der Waals surface area contributed by atoms with Crippen molar-refractivity contribution in [2.24, 2.45) is 11.8 Å². The van der Waals surface area contributed by atoms with E-state index < -0.39 is 0 Å². The van der Waals surface area contributed by atoms with Gasteiger partial charge in [-0.15, -0.1) is 36.2 Å². The first kappa shape index (κ1) is 28.2. The summed E-state index contributed by atoms with van der Waals surface area (Å²) in [6, 6.07) is 7.72. The van der Waals surface area contributed by atoms with E-state index in [1.165, 1.54) is 37.0 Å². The smallest absolute Gasteiger partial charge is 0.176 e. The first-order valence-electron chi connectivity index (χ1n) is 12.2. The molecule has 1 aromatic carbocycles. The van der Waals surface area contributed by atoms with Gasteiger partial charge in [-0.1, -0.05) is 5.16 Å². The van der Waals surface area contributed by atoms with Crippen molar-refractivity contribution in [2.75, 3.05) is 33.8 Å². The summed E-state index contributed by atoms with van der Waals surface area (Å²) in [7, 11) is 4.14. The highest BCUT2D eigenvalue weighted by Gasteiger charge is 2.25. The number of benzene rings is 1. The summed E-state index contributed by atoms with van der Waals surface area (Å²) in [6.07, 6.45) is 7.01. The van der Waals surface area contributed by atoms with Gasteiger partial charge < -0.3 is 14.2 Å². The minimum absolute atomic E-state index is 0. The molecule has 2 aliphatic rings. The minimum atomic E-state index is -0.0879. The normalized spacial score (nSPS) is 16.9. The van der Waals surface area contributed by atoms with Crippen molar-refractivity contribution in [3.05, 3.63) is 45.5 Å². The molecule has 0 radical (unpaired) electrons. The maximum atomic E-state index is 13.2. The van der Waals surface area contributed by atoms with Crippen molar-refractivity contribution in [3.8, 4) is 5.75 Å². The first-order chi connectivity index (χ1) is 16.0. The molecule has 9 heteroatoms. The van der Waals surface area contributed by atoms with Gasteiger partial charge in [0.1, 0.15) is 5.75 Å². The molecule has 2 fully saturated rings. The molecule has 1 saturated heterocycles. The quantitative estimate of drug-likeness (QED) is 0.289. The first-order valence-corrected chi connectivity index (χ1v) is 13.0. The number of halogens is 3. The molecule has 35 heavy (non-hydrogen) atoms. The van der Waals surface area contributed by atoms with Crippen LogP contribution in [0.3, 0.4) is 0 Å². The van der Waals surface area contributed by atoms with Crippen LogP contribution in [0.15, 0.2) is 28.8 Å². The molecule has 0 bridgehead atoms. The molecule has 0 atom stereocenters. The Morgan fingerprint density at radius 2 is 1.86 bits per heavy atom. The van der Waals surface area contributed by atoms with Gasteiger partial charge in [0.25, 0.3) is 0 Å². The standard InChI is InChI=1S/C26H34FN3O2S.2ClH/c1-29(2)16-22-24(31-17-19-3-4-19)9-7-21-23(28-32-26(21)22)8-5-18-11-13-30(14-12-18)15-20-6-10-25(27)33-20;;/h6-7,9-10,18-19H,3-5,8,11-17H2,1-2H3;2*1H. The lowest BCUT2D eigenvalue weighted by Gasteiger charge is -2.31. The molecule has 0 unspecified atom stereocenters. The van der Waals surface area contributed by atoms with Crippen LogP contribution in [0.5, 0.6) is 5.75 Å². The van der Waals surface area contributed by atoms with Gasteiger partial charge in [0, 0.05) is 23.4 Å². The Balaban J connectivity index is 0.00000171. The van der Waals surface area contributed by atoms with Crippen LogP contribution in [0.1, 0.15) is 48.2 Å². The SMILES string of the molecule is CN(C)Cc1c(OCC2CC2)ccc2c(CCC3CCN(Cc4ccc(F)s4)CC3)noc12.Cl.Cl. The monoisotopic (exact) mass is 543 g/mol. The summed E-state index contributed by atoms with van der Waals surface area (Å²) >= 11 is 1.27. The Labute approximate surface area is 223 Å². The van der Waals surface area contributed by atoms with E-state index in [2.05, 4.69) is 41.2 Å². The van der Waals surface area contributed by atoms with Gasteiger partial charge in [-0.2, -0.15) is 4.39 Å². The molecule has 3 aromatic rings. The van der Waals surface area contributed by atoms with E-state index >= 15 is 0 Å². The van der Waals surface area contributed by atoms with Crippen LogP contribution in [0.2, 0.25) is 0 Å². The summed E-state index contributed by atoms with van der Waals surface area (Å²) in [4.78, 5) is 5.72. The van der Waals surface area contributed by atoms with Crippen LogP contribution >= 0.6 is 36.2 Å². The van der Waals surface area contributed by atoms with Gasteiger partial charge in [0.05, 0.1) is 17.9 Å². The van der Waals surface area contributed by atoms with Gasteiger partial charge >= 0.3 is 0 Å². The van der Waals surface area contributed by atoms with Crippen LogP contribution in [-0.2, 0) is 19.5 Å². The Kier molecular flexibility index (Phi) is 10.3. The Bertz CT molecular complexity index is 1080. The van der Waals surface area contributed by atoms with E-state index in [9.17, 15) is 4.39 Å². The van der Waals surface area contributed by atoms with E-state index in [0.29, 0.717) is 5.92 Å². The zero-order chi connectivity index (χ0) is 22.8. The number of thiophene rings is 1. The summed E-state index contributed by atoms with van der Waals surface area (Å²) in [6.45, 7) is 4.61. The number of piperidine rings is 1. The minimum Gasteiger partial charge on any atom is -0.493 e. The number of hydrogen-bond donors (Lipinski definition) is 0. The molecule has 1 aliphatic carbocycles. The second-order valence-corrected chi connectivity index (χ2v) is 11.1. The molecular weight excluding hydrogens is 508 g/mol. The number of likely N-dealkylation sites (tertiary alicyclic amines) is 1. The van der Waals surface area contributed by atoms with Crippen molar-refractivity contribution in [3.63, 3.8) is 0 Å². The number of nitrogens with zero attached hydrogens (tertiary/aromatic N) is 3. The van der Waals surface area contributed by atoms with Crippen LogP contribution in [0.4, 0.5) is 4.39 Å². The fraction of sp³-hybridized carbons (Fsp3) is 0.577. The average Bonchev–Trinajstić information content (AvgIpc) is 3.40. The average molecular weight is 545 g/mol. The van der Waals surface area contributed by atoms with Crippen molar-refractivity contribution in [1.29, 1.82) is 0 Å². The molecule has 5 rings (SSSR count). The lowest BCUT2D eigenvalue weighted by Crippen LogP contribution is -2.33. The predicted octanol–water partition coefficient (Wildman–Crippen LogP) is 6.57. The number of aryl methyl sites for hydroxylation is 1. The van der Waals surface area contributed by atoms with E-state index in [4.69, 9.17) is 9.26 Å². The van der Waals surface area contributed by atoms with Crippen LogP contribution in [-0.4, -0.2) is 48.7 Å². The predicted molar refractivity (Wildman–Crippen MR) is 145 cm³/mol. The molecule has 2 aromatic heterocycles. The van der Waals surface area contributed by atoms with Crippen LogP contribution in [0.25, 0.3) is 11.0 Å². The highest BCUT2D eigenvalue weighted by Crippen LogP contribution is 2.35. The zero-order valence-electron chi connectivity index (χ0n) is 20.5. The van der Waals surface area contributed by atoms with E-state index in [-0.39, 0.29) is 29.9 Å².